The monoisotopic (exact) mass is 421 g/mol. The van der Waals surface area contributed by atoms with Gasteiger partial charge in [-0.05, 0) is 24.8 Å². The summed E-state index contributed by atoms with van der Waals surface area (Å²) >= 11 is 0. The Hall–Kier alpha value is -3.04. The molecule has 2 N–H and O–H groups in total. The lowest BCUT2D eigenvalue weighted by Gasteiger charge is -2.14. The molecule has 9 heteroatoms. The number of aliphatic hydroxyl groups excluding tert-OH is 2. The van der Waals surface area contributed by atoms with E-state index in [1.165, 1.54) is 19.3 Å². The standard InChI is InChI=1S/C22H27N7O2/c1-2-18(7-15-3-4-15)28-11-17(9-25-28)22-21-5-6-23-29(21)13-20(26-22)16-8-24-27(10-16)12-19(31)14-30/h5-6,8-11,13,15,18-19,30-31H,2-4,7,12,14H2,1H3/t18-,19+/m0/s1. The number of rotatable bonds is 9. The smallest absolute Gasteiger partial charge is 0.0999 e. The predicted molar refractivity (Wildman–Crippen MR) is 115 cm³/mol. The summed E-state index contributed by atoms with van der Waals surface area (Å²) in [5.41, 5.74) is 4.25. The van der Waals surface area contributed by atoms with Gasteiger partial charge in [-0.2, -0.15) is 15.3 Å². The third-order valence-electron chi connectivity index (χ3n) is 5.95. The van der Waals surface area contributed by atoms with E-state index < -0.39 is 6.10 Å². The fraction of sp³-hybridized carbons (Fsp3) is 0.455. The van der Waals surface area contributed by atoms with Gasteiger partial charge in [0.05, 0.1) is 67.0 Å². The lowest BCUT2D eigenvalue weighted by molar-refractivity contribution is 0.0783. The van der Waals surface area contributed by atoms with Crippen LogP contribution >= 0.6 is 0 Å². The highest BCUT2D eigenvalue weighted by atomic mass is 16.3. The second-order valence-electron chi connectivity index (χ2n) is 8.37. The molecule has 0 aromatic carbocycles. The maximum absolute atomic E-state index is 9.67. The summed E-state index contributed by atoms with van der Waals surface area (Å²) in [5.74, 6) is 0.849. The van der Waals surface area contributed by atoms with Gasteiger partial charge in [-0.3, -0.25) is 9.36 Å². The molecule has 0 amide bonds. The number of hydrogen-bond donors (Lipinski definition) is 2. The molecule has 1 aliphatic rings. The molecule has 0 unspecified atom stereocenters. The first kappa shape index (κ1) is 19.9. The normalized spacial score (nSPS) is 16.1. The fourth-order valence-electron chi connectivity index (χ4n) is 4.01. The Morgan fingerprint density at radius 1 is 1.10 bits per heavy atom. The van der Waals surface area contributed by atoms with Crippen molar-refractivity contribution >= 4 is 5.52 Å². The zero-order valence-corrected chi connectivity index (χ0v) is 17.5. The molecular formula is C22H27N7O2. The average molecular weight is 422 g/mol. The maximum atomic E-state index is 9.67. The van der Waals surface area contributed by atoms with Crippen LogP contribution in [0.4, 0.5) is 0 Å². The van der Waals surface area contributed by atoms with Gasteiger partial charge in [0.15, 0.2) is 0 Å². The highest BCUT2D eigenvalue weighted by molar-refractivity contribution is 5.78. The van der Waals surface area contributed by atoms with Gasteiger partial charge in [-0.1, -0.05) is 19.8 Å². The number of aromatic nitrogens is 7. The van der Waals surface area contributed by atoms with E-state index in [2.05, 4.69) is 33.1 Å². The molecule has 1 aliphatic carbocycles. The van der Waals surface area contributed by atoms with Crippen molar-refractivity contribution in [2.45, 2.75) is 51.3 Å². The molecule has 4 aromatic heterocycles. The van der Waals surface area contributed by atoms with Gasteiger partial charge < -0.3 is 10.2 Å². The van der Waals surface area contributed by atoms with Crippen LogP contribution in [0.2, 0.25) is 0 Å². The van der Waals surface area contributed by atoms with Crippen molar-refractivity contribution < 1.29 is 10.2 Å². The molecule has 31 heavy (non-hydrogen) atoms. The molecule has 0 radical (unpaired) electrons. The van der Waals surface area contributed by atoms with Crippen molar-refractivity contribution in [3.63, 3.8) is 0 Å². The van der Waals surface area contributed by atoms with Crippen molar-refractivity contribution in [3.8, 4) is 22.5 Å². The fourth-order valence-corrected chi connectivity index (χ4v) is 4.01. The first-order valence-corrected chi connectivity index (χ1v) is 10.8. The van der Waals surface area contributed by atoms with Crippen molar-refractivity contribution in [1.82, 2.24) is 34.2 Å². The molecule has 162 valence electrons. The molecule has 2 atom stereocenters. The van der Waals surface area contributed by atoms with Gasteiger partial charge in [0.2, 0.25) is 0 Å². The Balaban J connectivity index is 1.49. The lowest BCUT2D eigenvalue weighted by atomic mass is 10.1. The van der Waals surface area contributed by atoms with Crippen molar-refractivity contribution in [3.05, 3.63) is 43.2 Å². The van der Waals surface area contributed by atoms with E-state index in [0.717, 1.165) is 40.4 Å². The first-order chi connectivity index (χ1) is 15.1. The van der Waals surface area contributed by atoms with E-state index in [1.54, 1.807) is 17.1 Å². The summed E-state index contributed by atoms with van der Waals surface area (Å²) in [6.45, 7) is 2.13. The van der Waals surface area contributed by atoms with Gasteiger partial charge in [0, 0.05) is 23.5 Å². The predicted octanol–water partition coefficient (Wildman–Crippen LogP) is 2.56. The molecule has 0 bridgehead atoms. The third kappa shape index (κ3) is 4.11. The van der Waals surface area contributed by atoms with Gasteiger partial charge in [0.25, 0.3) is 0 Å². The average Bonchev–Trinajstić information content (AvgIpc) is 3.18. The van der Waals surface area contributed by atoms with Crippen molar-refractivity contribution in [2.75, 3.05) is 6.61 Å². The van der Waals surface area contributed by atoms with Crippen molar-refractivity contribution in [2.24, 2.45) is 5.92 Å². The summed E-state index contributed by atoms with van der Waals surface area (Å²) in [7, 11) is 0. The van der Waals surface area contributed by atoms with E-state index in [-0.39, 0.29) is 13.2 Å². The van der Waals surface area contributed by atoms with Crippen molar-refractivity contribution in [1.29, 1.82) is 0 Å². The van der Waals surface area contributed by atoms with Crippen LogP contribution < -0.4 is 0 Å². The molecule has 0 aliphatic heterocycles. The Bertz CT molecular complexity index is 1170. The topological polar surface area (TPSA) is 106 Å². The molecule has 1 fully saturated rings. The summed E-state index contributed by atoms with van der Waals surface area (Å²) in [6.07, 6.45) is 15.2. The van der Waals surface area contributed by atoms with Crippen LogP contribution in [0, 0.1) is 5.92 Å². The number of fused-ring (bicyclic) bond motifs is 1. The molecule has 5 rings (SSSR count). The van der Waals surface area contributed by atoms with E-state index >= 15 is 0 Å². The summed E-state index contributed by atoms with van der Waals surface area (Å²) in [6, 6.07) is 2.37. The van der Waals surface area contributed by atoms with E-state index in [9.17, 15) is 5.11 Å². The van der Waals surface area contributed by atoms with Gasteiger partial charge in [-0.25, -0.2) is 9.50 Å². The lowest BCUT2D eigenvalue weighted by Crippen LogP contribution is -2.19. The molecule has 0 spiro atoms. The quantitative estimate of drug-likeness (QED) is 0.430. The number of hydrogen-bond acceptors (Lipinski definition) is 6. The summed E-state index contributed by atoms with van der Waals surface area (Å²) in [5, 5.41) is 32.1. The Morgan fingerprint density at radius 3 is 2.71 bits per heavy atom. The minimum Gasteiger partial charge on any atom is -0.394 e. The van der Waals surface area contributed by atoms with E-state index in [1.807, 2.05) is 29.2 Å². The minimum absolute atomic E-state index is 0.222. The summed E-state index contributed by atoms with van der Waals surface area (Å²) < 4.78 is 5.51. The van der Waals surface area contributed by atoms with Gasteiger partial charge in [0.1, 0.15) is 0 Å². The zero-order chi connectivity index (χ0) is 21.4. The first-order valence-electron chi connectivity index (χ1n) is 10.8. The zero-order valence-electron chi connectivity index (χ0n) is 17.5. The van der Waals surface area contributed by atoms with Crippen LogP contribution in [0.3, 0.4) is 0 Å². The molecule has 4 aromatic rings. The Labute approximate surface area is 180 Å². The van der Waals surface area contributed by atoms with Crippen LogP contribution in [0.1, 0.15) is 38.6 Å². The Morgan fingerprint density at radius 2 is 1.94 bits per heavy atom. The number of aliphatic hydroxyl groups is 2. The highest BCUT2D eigenvalue weighted by Crippen LogP contribution is 2.38. The van der Waals surface area contributed by atoms with Crippen LogP contribution in [0.5, 0.6) is 0 Å². The van der Waals surface area contributed by atoms with E-state index in [4.69, 9.17) is 10.1 Å². The molecule has 0 saturated heterocycles. The third-order valence-corrected chi connectivity index (χ3v) is 5.95. The largest absolute Gasteiger partial charge is 0.394 e. The van der Waals surface area contributed by atoms with E-state index in [0.29, 0.717) is 6.04 Å². The van der Waals surface area contributed by atoms with Crippen LogP contribution in [-0.4, -0.2) is 57.1 Å². The Kier molecular flexibility index (Phi) is 5.29. The number of nitrogens with zero attached hydrogens (tertiary/aromatic N) is 7. The SMILES string of the molecule is CC[C@@H](CC1CC1)n1cc(-c2nc(-c3cnn(C[C@@H](O)CO)c3)cn3nccc23)cn1. The molecule has 9 nitrogen and oxygen atoms in total. The summed E-state index contributed by atoms with van der Waals surface area (Å²) in [4.78, 5) is 4.92. The second-order valence-corrected chi connectivity index (χ2v) is 8.37. The minimum atomic E-state index is -0.849. The highest BCUT2D eigenvalue weighted by Gasteiger charge is 2.26. The second kappa shape index (κ2) is 8.24. The van der Waals surface area contributed by atoms with Crippen LogP contribution in [0.15, 0.2) is 43.2 Å². The van der Waals surface area contributed by atoms with Gasteiger partial charge >= 0.3 is 0 Å². The maximum Gasteiger partial charge on any atom is 0.0999 e. The molecular weight excluding hydrogens is 394 g/mol. The molecule has 4 heterocycles. The van der Waals surface area contributed by atoms with Crippen LogP contribution in [0.25, 0.3) is 28.0 Å². The van der Waals surface area contributed by atoms with Crippen LogP contribution in [-0.2, 0) is 6.54 Å². The molecule has 1 saturated carbocycles. The van der Waals surface area contributed by atoms with Gasteiger partial charge in [-0.15, -0.1) is 0 Å².